The number of nitrogens with zero attached hydrogens (tertiary/aromatic N) is 1. The summed E-state index contributed by atoms with van der Waals surface area (Å²) in [6.07, 6.45) is 1.41. The Morgan fingerprint density at radius 2 is 1.91 bits per heavy atom. The van der Waals surface area contributed by atoms with Gasteiger partial charge < -0.3 is 9.84 Å². The molecular weight excluding hydrogens is 282 g/mol. The maximum absolute atomic E-state index is 12.5. The Hall–Kier alpha value is -2.04. The number of carbonyl (C=O) groups excluding carboxylic acids is 1. The van der Waals surface area contributed by atoms with E-state index in [0.717, 1.165) is 18.4 Å². The van der Waals surface area contributed by atoms with Crippen LogP contribution in [0, 0.1) is 0 Å². The van der Waals surface area contributed by atoms with E-state index < -0.39 is 23.7 Å². The van der Waals surface area contributed by atoms with Crippen LogP contribution in [0.2, 0.25) is 0 Å². The number of amides is 1. The van der Waals surface area contributed by atoms with Crippen molar-refractivity contribution in [2.75, 3.05) is 6.54 Å². The molecule has 1 aromatic rings. The van der Waals surface area contributed by atoms with Crippen LogP contribution in [-0.2, 0) is 14.9 Å². The minimum absolute atomic E-state index is 0.0839. The molecule has 3 rings (SSSR count). The number of carboxylic acid groups (broad SMARTS) is 1. The summed E-state index contributed by atoms with van der Waals surface area (Å²) >= 11 is 0. The summed E-state index contributed by atoms with van der Waals surface area (Å²) in [6, 6.07) is 6.58. The van der Waals surface area contributed by atoms with E-state index in [-0.39, 0.29) is 5.41 Å². The lowest BCUT2D eigenvalue weighted by Gasteiger charge is -2.40. The van der Waals surface area contributed by atoms with Gasteiger partial charge in [0.2, 0.25) is 0 Å². The molecule has 1 aliphatic carbocycles. The Morgan fingerprint density at radius 3 is 2.45 bits per heavy atom. The standard InChI is InChI=1S/C17H21NO4/c1-16(2,3)22-15(21)18-10-17(8-9-17)12-7-5-4-6-11(12)13(18)14(19)20/h4-7,13H,8-10H2,1-3H3,(H,19,20)/t13-/m1/s1. The van der Waals surface area contributed by atoms with E-state index in [1.807, 2.05) is 24.3 Å². The Balaban J connectivity index is 2.01. The molecule has 5 nitrogen and oxygen atoms in total. The lowest BCUT2D eigenvalue weighted by atomic mass is 9.83. The monoisotopic (exact) mass is 303 g/mol. The number of ether oxygens (including phenoxy) is 1. The van der Waals surface area contributed by atoms with Gasteiger partial charge in [0, 0.05) is 12.0 Å². The first-order valence-corrected chi connectivity index (χ1v) is 7.55. The van der Waals surface area contributed by atoms with E-state index in [9.17, 15) is 14.7 Å². The van der Waals surface area contributed by atoms with E-state index in [1.165, 1.54) is 4.90 Å². The van der Waals surface area contributed by atoms with Crippen molar-refractivity contribution in [1.82, 2.24) is 4.90 Å². The second kappa shape index (κ2) is 4.73. The van der Waals surface area contributed by atoms with Gasteiger partial charge in [-0.25, -0.2) is 9.59 Å². The predicted octanol–water partition coefficient (Wildman–Crippen LogP) is 3.09. The molecule has 1 fully saturated rings. The summed E-state index contributed by atoms with van der Waals surface area (Å²) < 4.78 is 5.42. The van der Waals surface area contributed by atoms with Gasteiger partial charge in [0.1, 0.15) is 5.60 Å². The van der Waals surface area contributed by atoms with Gasteiger partial charge in [0.15, 0.2) is 6.04 Å². The van der Waals surface area contributed by atoms with Gasteiger partial charge in [-0.15, -0.1) is 0 Å². The van der Waals surface area contributed by atoms with E-state index in [1.54, 1.807) is 20.8 Å². The first-order valence-electron chi connectivity index (χ1n) is 7.55. The zero-order chi connectivity index (χ0) is 16.1. The summed E-state index contributed by atoms with van der Waals surface area (Å²) in [6.45, 7) is 5.76. The number of hydrogen-bond donors (Lipinski definition) is 1. The lowest BCUT2D eigenvalue weighted by Crippen LogP contribution is -2.49. The molecule has 0 saturated heterocycles. The number of rotatable bonds is 1. The van der Waals surface area contributed by atoms with Gasteiger partial charge in [-0.2, -0.15) is 0 Å². The van der Waals surface area contributed by atoms with Crippen molar-refractivity contribution in [1.29, 1.82) is 0 Å². The molecule has 0 radical (unpaired) electrons. The summed E-state index contributed by atoms with van der Waals surface area (Å²) in [5, 5.41) is 9.64. The van der Waals surface area contributed by atoms with Crippen LogP contribution in [0.3, 0.4) is 0 Å². The fourth-order valence-electron chi connectivity index (χ4n) is 3.22. The van der Waals surface area contributed by atoms with Gasteiger partial charge in [-0.3, -0.25) is 4.90 Å². The van der Waals surface area contributed by atoms with Crippen LogP contribution in [0.25, 0.3) is 0 Å². The van der Waals surface area contributed by atoms with Crippen LogP contribution in [-0.4, -0.2) is 34.2 Å². The van der Waals surface area contributed by atoms with Crippen LogP contribution in [0.1, 0.15) is 50.8 Å². The zero-order valence-electron chi connectivity index (χ0n) is 13.1. The van der Waals surface area contributed by atoms with Crippen LogP contribution in [0.15, 0.2) is 24.3 Å². The third-order valence-electron chi connectivity index (χ3n) is 4.33. The third-order valence-corrected chi connectivity index (χ3v) is 4.33. The molecule has 22 heavy (non-hydrogen) atoms. The number of carbonyl (C=O) groups is 2. The quantitative estimate of drug-likeness (QED) is 0.865. The second-order valence-electron chi connectivity index (χ2n) is 7.22. The van der Waals surface area contributed by atoms with Gasteiger partial charge >= 0.3 is 12.1 Å². The molecular formula is C17H21NO4. The molecule has 1 saturated carbocycles. The molecule has 1 heterocycles. The molecule has 0 bridgehead atoms. The van der Waals surface area contributed by atoms with Gasteiger partial charge in [-0.1, -0.05) is 24.3 Å². The van der Waals surface area contributed by atoms with E-state index in [4.69, 9.17) is 4.74 Å². The highest BCUT2D eigenvalue weighted by Gasteiger charge is 2.54. The van der Waals surface area contributed by atoms with Crippen molar-refractivity contribution in [3.63, 3.8) is 0 Å². The fraction of sp³-hybridized carbons (Fsp3) is 0.529. The van der Waals surface area contributed by atoms with Crippen molar-refractivity contribution < 1.29 is 19.4 Å². The molecule has 1 atom stereocenters. The van der Waals surface area contributed by atoms with Crippen LogP contribution in [0.5, 0.6) is 0 Å². The largest absolute Gasteiger partial charge is 0.479 e. The number of fused-ring (bicyclic) bond motifs is 2. The van der Waals surface area contributed by atoms with E-state index in [2.05, 4.69) is 0 Å². The molecule has 1 N–H and O–H groups in total. The third kappa shape index (κ3) is 2.45. The Kier molecular flexibility index (Phi) is 3.20. The minimum atomic E-state index is -1.02. The predicted molar refractivity (Wildman–Crippen MR) is 80.7 cm³/mol. The highest BCUT2D eigenvalue weighted by atomic mass is 16.6. The molecule has 1 spiro atoms. The normalized spacial score (nSPS) is 22.1. The number of hydrogen-bond acceptors (Lipinski definition) is 3. The minimum Gasteiger partial charge on any atom is -0.479 e. The average Bonchev–Trinajstić information content (AvgIpc) is 3.16. The van der Waals surface area contributed by atoms with Crippen molar-refractivity contribution in [2.24, 2.45) is 0 Å². The van der Waals surface area contributed by atoms with Gasteiger partial charge in [0.05, 0.1) is 0 Å². The Labute approximate surface area is 129 Å². The summed E-state index contributed by atoms with van der Waals surface area (Å²) in [4.78, 5) is 25.7. The highest BCUT2D eigenvalue weighted by molar-refractivity contribution is 5.83. The first-order chi connectivity index (χ1) is 10.2. The number of aliphatic carboxylic acids is 1. The second-order valence-corrected chi connectivity index (χ2v) is 7.22. The molecule has 5 heteroatoms. The summed E-state index contributed by atoms with van der Waals surface area (Å²) in [7, 11) is 0. The van der Waals surface area contributed by atoms with Crippen LogP contribution >= 0.6 is 0 Å². The van der Waals surface area contributed by atoms with Crippen LogP contribution < -0.4 is 0 Å². The van der Waals surface area contributed by atoms with Crippen molar-refractivity contribution in [3.05, 3.63) is 35.4 Å². The SMILES string of the molecule is CC(C)(C)OC(=O)N1CC2(CC2)c2ccccc2[C@@H]1C(=O)O. The molecule has 0 unspecified atom stereocenters. The Morgan fingerprint density at radius 1 is 1.27 bits per heavy atom. The van der Waals surface area contributed by atoms with Gasteiger partial charge in [-0.05, 0) is 44.7 Å². The topological polar surface area (TPSA) is 66.8 Å². The van der Waals surface area contributed by atoms with E-state index >= 15 is 0 Å². The van der Waals surface area contributed by atoms with E-state index in [0.29, 0.717) is 12.1 Å². The zero-order valence-corrected chi connectivity index (χ0v) is 13.1. The molecule has 118 valence electrons. The van der Waals surface area contributed by atoms with Crippen molar-refractivity contribution in [2.45, 2.75) is 50.7 Å². The molecule has 2 aliphatic rings. The number of benzene rings is 1. The van der Waals surface area contributed by atoms with Crippen LogP contribution in [0.4, 0.5) is 4.79 Å². The fourth-order valence-corrected chi connectivity index (χ4v) is 3.22. The van der Waals surface area contributed by atoms with Gasteiger partial charge in [0.25, 0.3) is 0 Å². The Bertz CT molecular complexity index is 628. The molecule has 1 aromatic carbocycles. The maximum atomic E-state index is 12.5. The van der Waals surface area contributed by atoms with Crippen molar-refractivity contribution >= 4 is 12.1 Å². The maximum Gasteiger partial charge on any atom is 0.411 e. The average molecular weight is 303 g/mol. The molecule has 1 amide bonds. The van der Waals surface area contributed by atoms with Crippen molar-refractivity contribution in [3.8, 4) is 0 Å². The molecule has 1 aliphatic heterocycles. The smallest absolute Gasteiger partial charge is 0.411 e. The highest BCUT2D eigenvalue weighted by Crippen LogP contribution is 2.54. The lowest BCUT2D eigenvalue weighted by molar-refractivity contribution is -0.144. The summed E-state index contributed by atoms with van der Waals surface area (Å²) in [5.74, 6) is -1.02. The first kappa shape index (κ1) is 14.9. The molecule has 0 aromatic heterocycles. The summed E-state index contributed by atoms with van der Waals surface area (Å²) in [5.41, 5.74) is 1.06. The number of carboxylic acids is 1.